The van der Waals surface area contributed by atoms with Crippen LogP contribution in [0.4, 0.5) is 0 Å². The molecule has 150 valence electrons. The van der Waals surface area contributed by atoms with Crippen LogP contribution >= 0.6 is 11.6 Å². The van der Waals surface area contributed by atoms with Crippen LogP contribution < -0.4 is 4.74 Å². The molecule has 1 heterocycles. The molecule has 0 radical (unpaired) electrons. The van der Waals surface area contributed by atoms with Crippen LogP contribution in [-0.4, -0.2) is 30.2 Å². The molecule has 0 atom stereocenters. The fourth-order valence-electron chi connectivity index (χ4n) is 3.19. The number of hydrogen-bond acceptors (Lipinski definition) is 4. The van der Waals surface area contributed by atoms with E-state index in [2.05, 4.69) is 6.58 Å². The van der Waals surface area contributed by atoms with Crippen molar-refractivity contribution in [3.63, 3.8) is 0 Å². The van der Waals surface area contributed by atoms with Gasteiger partial charge in [-0.3, -0.25) is 14.2 Å². The molecule has 0 saturated carbocycles. The van der Waals surface area contributed by atoms with E-state index in [0.717, 1.165) is 16.5 Å². The van der Waals surface area contributed by atoms with E-state index in [9.17, 15) is 9.59 Å². The predicted octanol–water partition coefficient (Wildman–Crippen LogP) is 4.96. The van der Waals surface area contributed by atoms with Crippen LogP contribution in [0.3, 0.4) is 0 Å². The maximum absolute atomic E-state index is 13.2. The summed E-state index contributed by atoms with van der Waals surface area (Å²) < 4.78 is 12.2. The van der Waals surface area contributed by atoms with Crippen molar-refractivity contribution in [1.82, 2.24) is 4.57 Å². The fraction of sp³-hybridized carbons (Fsp3) is 0.217. The van der Waals surface area contributed by atoms with Gasteiger partial charge in [-0.1, -0.05) is 18.2 Å². The van der Waals surface area contributed by atoms with Crippen molar-refractivity contribution in [2.45, 2.75) is 20.3 Å². The molecule has 1 aromatic heterocycles. The molecule has 0 unspecified atom stereocenters. The van der Waals surface area contributed by atoms with Crippen LogP contribution in [0.25, 0.3) is 10.9 Å². The molecule has 29 heavy (non-hydrogen) atoms. The van der Waals surface area contributed by atoms with Crippen LogP contribution in [0.2, 0.25) is 5.02 Å². The molecule has 2 aromatic carbocycles. The molecular weight excluding hydrogens is 390 g/mol. The number of halogens is 1. The zero-order valence-electron chi connectivity index (χ0n) is 16.6. The molecule has 0 aliphatic rings. The minimum atomic E-state index is -0.378. The summed E-state index contributed by atoms with van der Waals surface area (Å²) in [6, 6.07) is 12.1. The fourth-order valence-corrected chi connectivity index (χ4v) is 3.32. The Hall–Kier alpha value is -3.05. The highest BCUT2D eigenvalue weighted by Gasteiger charge is 2.22. The van der Waals surface area contributed by atoms with Gasteiger partial charge in [-0.25, -0.2) is 0 Å². The van der Waals surface area contributed by atoms with Gasteiger partial charge in [0.05, 0.1) is 19.0 Å². The molecule has 3 aromatic rings. The number of esters is 1. The maximum atomic E-state index is 13.2. The Balaban J connectivity index is 2.09. The monoisotopic (exact) mass is 411 g/mol. The third-order valence-electron chi connectivity index (χ3n) is 4.64. The SMILES string of the molecule is C=C(C)COC(=O)Cc1c(C)n(C(=O)c2ccc(Cl)cc2)c2ccc(OC)cc12. The summed E-state index contributed by atoms with van der Waals surface area (Å²) in [6.07, 6.45) is 0.0453. The first-order valence-corrected chi connectivity index (χ1v) is 9.47. The number of nitrogens with zero attached hydrogens (tertiary/aromatic N) is 1. The van der Waals surface area contributed by atoms with E-state index < -0.39 is 0 Å². The lowest BCUT2D eigenvalue weighted by Crippen LogP contribution is -2.15. The first-order chi connectivity index (χ1) is 13.8. The Bertz CT molecular complexity index is 1100. The van der Waals surface area contributed by atoms with Gasteiger partial charge in [0.25, 0.3) is 5.91 Å². The smallest absolute Gasteiger partial charge is 0.310 e. The number of methoxy groups -OCH3 is 1. The van der Waals surface area contributed by atoms with Crippen LogP contribution in [-0.2, 0) is 16.0 Å². The molecule has 0 amide bonds. The summed E-state index contributed by atoms with van der Waals surface area (Å²) >= 11 is 5.95. The largest absolute Gasteiger partial charge is 0.497 e. The summed E-state index contributed by atoms with van der Waals surface area (Å²) in [5, 5.41) is 1.33. The lowest BCUT2D eigenvalue weighted by Gasteiger charge is -2.08. The minimum absolute atomic E-state index is 0.0453. The Morgan fingerprint density at radius 1 is 1.14 bits per heavy atom. The van der Waals surface area contributed by atoms with E-state index in [4.69, 9.17) is 21.1 Å². The second-order valence-corrected chi connectivity index (χ2v) is 7.33. The molecule has 0 N–H and O–H groups in total. The Morgan fingerprint density at radius 2 is 1.83 bits per heavy atom. The topological polar surface area (TPSA) is 57.5 Å². The van der Waals surface area contributed by atoms with Crippen molar-refractivity contribution < 1.29 is 19.1 Å². The van der Waals surface area contributed by atoms with E-state index >= 15 is 0 Å². The van der Waals surface area contributed by atoms with Gasteiger partial charge in [0.2, 0.25) is 0 Å². The third-order valence-corrected chi connectivity index (χ3v) is 4.89. The Kier molecular flexibility index (Phi) is 6.09. The zero-order chi connectivity index (χ0) is 21.1. The second-order valence-electron chi connectivity index (χ2n) is 6.89. The number of carbonyl (C=O) groups is 2. The number of ether oxygens (including phenoxy) is 2. The second kappa shape index (κ2) is 8.53. The van der Waals surface area contributed by atoms with Crippen molar-refractivity contribution in [3.05, 3.63) is 76.5 Å². The first kappa shape index (κ1) is 20.7. The molecule has 3 rings (SSSR count). The molecule has 5 nitrogen and oxygen atoms in total. The van der Waals surface area contributed by atoms with E-state index in [1.165, 1.54) is 0 Å². The Labute approximate surface area is 174 Å². The molecule has 6 heteroatoms. The van der Waals surface area contributed by atoms with Gasteiger partial charge in [-0.15, -0.1) is 0 Å². The van der Waals surface area contributed by atoms with E-state index in [0.29, 0.717) is 27.5 Å². The van der Waals surface area contributed by atoms with Crippen LogP contribution in [0.5, 0.6) is 5.75 Å². The molecule has 0 aliphatic carbocycles. The highest BCUT2D eigenvalue weighted by Crippen LogP contribution is 2.31. The number of hydrogen-bond donors (Lipinski definition) is 0. The summed E-state index contributed by atoms with van der Waals surface area (Å²) in [7, 11) is 1.57. The van der Waals surface area contributed by atoms with Gasteiger partial charge in [0, 0.05) is 21.7 Å². The van der Waals surface area contributed by atoms with Gasteiger partial charge in [0.1, 0.15) is 12.4 Å². The van der Waals surface area contributed by atoms with Gasteiger partial charge < -0.3 is 9.47 Å². The van der Waals surface area contributed by atoms with Crippen LogP contribution in [0.1, 0.15) is 28.5 Å². The Morgan fingerprint density at radius 3 is 2.45 bits per heavy atom. The standard InChI is InChI=1S/C23H22ClNO4/c1-14(2)13-29-22(26)12-19-15(3)25(21-10-9-18(28-4)11-20(19)21)23(27)16-5-7-17(24)8-6-16/h5-11H,1,12-13H2,2-4H3. The van der Waals surface area contributed by atoms with Crippen molar-refractivity contribution >= 4 is 34.4 Å². The summed E-state index contributed by atoms with van der Waals surface area (Å²) in [5.41, 5.74) is 3.37. The van der Waals surface area contributed by atoms with Crippen molar-refractivity contribution in [3.8, 4) is 5.75 Å². The van der Waals surface area contributed by atoms with E-state index in [1.807, 2.05) is 19.1 Å². The molecule has 0 bridgehead atoms. The highest BCUT2D eigenvalue weighted by molar-refractivity contribution is 6.30. The zero-order valence-corrected chi connectivity index (χ0v) is 17.4. The van der Waals surface area contributed by atoms with Crippen LogP contribution in [0, 0.1) is 6.92 Å². The summed E-state index contributed by atoms with van der Waals surface area (Å²) in [4.78, 5) is 25.6. The first-order valence-electron chi connectivity index (χ1n) is 9.10. The molecule has 0 fully saturated rings. The average molecular weight is 412 g/mol. The van der Waals surface area contributed by atoms with Crippen molar-refractivity contribution in [2.75, 3.05) is 13.7 Å². The van der Waals surface area contributed by atoms with Crippen molar-refractivity contribution in [1.29, 1.82) is 0 Å². The van der Waals surface area contributed by atoms with E-state index in [-0.39, 0.29) is 24.9 Å². The molecule has 0 saturated heterocycles. The third kappa shape index (κ3) is 4.35. The molecule has 0 aliphatic heterocycles. The molecule has 0 spiro atoms. The highest BCUT2D eigenvalue weighted by atomic mass is 35.5. The normalized spacial score (nSPS) is 10.8. The quantitative estimate of drug-likeness (QED) is 0.425. The van der Waals surface area contributed by atoms with E-state index in [1.54, 1.807) is 48.9 Å². The number of fused-ring (bicyclic) bond motifs is 1. The number of aromatic nitrogens is 1. The van der Waals surface area contributed by atoms with Crippen molar-refractivity contribution in [2.24, 2.45) is 0 Å². The average Bonchev–Trinajstić information content (AvgIpc) is 2.97. The lowest BCUT2D eigenvalue weighted by molar-refractivity contribution is -0.141. The maximum Gasteiger partial charge on any atom is 0.310 e. The van der Waals surface area contributed by atoms with Gasteiger partial charge in [-0.2, -0.15) is 0 Å². The summed E-state index contributed by atoms with van der Waals surface area (Å²) in [6.45, 7) is 7.52. The predicted molar refractivity (Wildman–Crippen MR) is 114 cm³/mol. The lowest BCUT2D eigenvalue weighted by atomic mass is 10.1. The molecular formula is C23H22ClNO4. The number of rotatable bonds is 6. The number of carbonyl (C=O) groups excluding carboxylic acids is 2. The van der Waals surface area contributed by atoms with Gasteiger partial charge in [0.15, 0.2) is 0 Å². The van der Waals surface area contributed by atoms with Gasteiger partial charge in [-0.05, 0) is 67.4 Å². The minimum Gasteiger partial charge on any atom is -0.497 e. The van der Waals surface area contributed by atoms with Crippen LogP contribution in [0.15, 0.2) is 54.6 Å². The number of benzene rings is 2. The summed E-state index contributed by atoms with van der Waals surface area (Å²) in [5.74, 6) is 0.0675. The van der Waals surface area contributed by atoms with Gasteiger partial charge >= 0.3 is 5.97 Å².